The number of anilines is 1. The molecule has 21 heavy (non-hydrogen) atoms. The van der Waals surface area contributed by atoms with Gasteiger partial charge in [0.05, 0.1) is 0 Å². The Morgan fingerprint density at radius 2 is 1.48 bits per heavy atom. The molecule has 2 aromatic rings. The normalized spacial score (nSPS) is 16.8. The van der Waals surface area contributed by atoms with E-state index in [1.165, 1.54) is 29.7 Å². The van der Waals surface area contributed by atoms with Gasteiger partial charge in [-0.1, -0.05) is 42.5 Å². The van der Waals surface area contributed by atoms with E-state index in [4.69, 9.17) is 0 Å². The number of nitrogens with zero attached hydrogens (tertiary/aromatic N) is 1. The number of para-hydroxylation sites is 1. The highest BCUT2D eigenvalue weighted by atomic mass is 15.2. The van der Waals surface area contributed by atoms with E-state index in [0.717, 1.165) is 19.6 Å². The zero-order chi connectivity index (χ0) is 14.5. The largest absolute Gasteiger partial charge is 0.383 e. The summed E-state index contributed by atoms with van der Waals surface area (Å²) in [5.74, 6) is 0. The third-order valence-corrected chi connectivity index (χ3v) is 4.45. The third-order valence-electron chi connectivity index (χ3n) is 4.45. The highest BCUT2D eigenvalue weighted by molar-refractivity contribution is 5.42. The smallest absolute Gasteiger partial charge is 0.0340 e. The zero-order valence-electron chi connectivity index (χ0n) is 12.8. The van der Waals surface area contributed by atoms with Crippen molar-refractivity contribution >= 4 is 5.69 Å². The predicted octanol–water partition coefficient (Wildman–Crippen LogP) is 3.59. The van der Waals surface area contributed by atoms with Crippen molar-refractivity contribution < 1.29 is 0 Å². The van der Waals surface area contributed by atoms with E-state index in [9.17, 15) is 0 Å². The van der Waals surface area contributed by atoms with E-state index in [-0.39, 0.29) is 0 Å². The van der Waals surface area contributed by atoms with Crippen LogP contribution in [0.15, 0.2) is 54.6 Å². The van der Waals surface area contributed by atoms with Crippen LogP contribution < -0.4 is 5.32 Å². The summed E-state index contributed by atoms with van der Waals surface area (Å²) in [7, 11) is 0. The lowest BCUT2D eigenvalue weighted by Crippen LogP contribution is -2.39. The van der Waals surface area contributed by atoms with Gasteiger partial charge in [0, 0.05) is 31.4 Å². The number of benzene rings is 2. The molecule has 0 saturated carbocycles. The van der Waals surface area contributed by atoms with Gasteiger partial charge in [0.15, 0.2) is 0 Å². The maximum Gasteiger partial charge on any atom is 0.0340 e. The first-order chi connectivity index (χ1) is 10.3. The summed E-state index contributed by atoms with van der Waals surface area (Å²) in [6.45, 7) is 5.65. The molecule has 0 amide bonds. The van der Waals surface area contributed by atoms with Crippen molar-refractivity contribution in [2.75, 3.05) is 25.0 Å². The van der Waals surface area contributed by atoms with Gasteiger partial charge in [-0.25, -0.2) is 0 Å². The Morgan fingerprint density at radius 1 is 0.905 bits per heavy atom. The fourth-order valence-electron chi connectivity index (χ4n) is 3.08. The molecule has 2 aromatic carbocycles. The van der Waals surface area contributed by atoms with Crippen LogP contribution in [0.3, 0.4) is 0 Å². The average molecular weight is 280 g/mol. The molecule has 1 aliphatic rings. The van der Waals surface area contributed by atoms with Gasteiger partial charge in [0.1, 0.15) is 0 Å². The van der Waals surface area contributed by atoms with Crippen molar-refractivity contribution in [3.8, 4) is 0 Å². The third kappa shape index (κ3) is 3.64. The fraction of sp³-hybridized carbons (Fsp3) is 0.368. The Labute approximate surface area is 127 Å². The lowest BCUT2D eigenvalue weighted by molar-refractivity contribution is 0.227. The van der Waals surface area contributed by atoms with Crippen LogP contribution in [0.2, 0.25) is 0 Å². The summed E-state index contributed by atoms with van der Waals surface area (Å²) in [5, 5.41) is 3.54. The summed E-state index contributed by atoms with van der Waals surface area (Å²) in [6, 6.07) is 19.9. The van der Waals surface area contributed by atoms with Gasteiger partial charge in [-0.3, -0.25) is 4.90 Å². The van der Waals surface area contributed by atoms with Crippen molar-refractivity contribution in [1.82, 2.24) is 4.90 Å². The van der Waals surface area contributed by atoms with Crippen LogP contribution in [-0.4, -0.2) is 30.6 Å². The van der Waals surface area contributed by atoms with Crippen LogP contribution in [-0.2, 0) is 12.8 Å². The molecule has 1 aliphatic heterocycles. The molecule has 0 spiro atoms. The van der Waals surface area contributed by atoms with Crippen molar-refractivity contribution in [3.63, 3.8) is 0 Å². The molecule has 0 bridgehead atoms. The summed E-state index contributed by atoms with van der Waals surface area (Å²) in [4.78, 5) is 2.61. The van der Waals surface area contributed by atoms with Crippen LogP contribution >= 0.6 is 0 Å². The summed E-state index contributed by atoms with van der Waals surface area (Å²) in [5.41, 5.74) is 4.27. The molecular formula is C19H24N2. The Balaban J connectivity index is 1.55. The molecule has 2 heteroatoms. The van der Waals surface area contributed by atoms with E-state index in [2.05, 4.69) is 71.7 Å². The lowest BCUT2D eigenvalue weighted by Gasteiger charge is -2.28. The highest BCUT2D eigenvalue weighted by Crippen LogP contribution is 2.17. The van der Waals surface area contributed by atoms with Crippen LogP contribution in [0.1, 0.15) is 18.1 Å². The van der Waals surface area contributed by atoms with E-state index < -0.39 is 0 Å². The SMILES string of the molecule is CC(CNc1ccccc1)N1CCc2ccccc2CC1. The van der Waals surface area contributed by atoms with Crippen LogP contribution in [0.5, 0.6) is 0 Å². The van der Waals surface area contributed by atoms with Gasteiger partial charge in [0.2, 0.25) is 0 Å². The maximum absolute atomic E-state index is 3.54. The molecule has 0 saturated heterocycles. The first-order valence-electron chi connectivity index (χ1n) is 7.92. The second-order valence-electron chi connectivity index (χ2n) is 5.90. The van der Waals surface area contributed by atoms with Gasteiger partial charge in [-0.2, -0.15) is 0 Å². The molecule has 0 aromatic heterocycles. The first-order valence-corrected chi connectivity index (χ1v) is 7.92. The number of rotatable bonds is 4. The zero-order valence-corrected chi connectivity index (χ0v) is 12.8. The molecule has 3 rings (SSSR count). The number of hydrogen-bond acceptors (Lipinski definition) is 2. The fourth-order valence-corrected chi connectivity index (χ4v) is 3.08. The molecule has 0 radical (unpaired) electrons. The van der Waals surface area contributed by atoms with Crippen molar-refractivity contribution in [1.29, 1.82) is 0 Å². The molecule has 0 fully saturated rings. The molecular weight excluding hydrogens is 256 g/mol. The molecule has 1 heterocycles. The molecule has 1 unspecified atom stereocenters. The lowest BCUT2D eigenvalue weighted by atomic mass is 10.0. The molecule has 1 atom stereocenters. The quantitative estimate of drug-likeness (QED) is 0.920. The van der Waals surface area contributed by atoms with E-state index in [0.29, 0.717) is 6.04 Å². The minimum atomic E-state index is 0.555. The van der Waals surface area contributed by atoms with Gasteiger partial charge < -0.3 is 5.32 Å². The Bertz CT molecular complexity index is 538. The average Bonchev–Trinajstić information content (AvgIpc) is 2.76. The minimum Gasteiger partial charge on any atom is -0.383 e. The molecule has 1 N–H and O–H groups in total. The van der Waals surface area contributed by atoms with Gasteiger partial charge in [-0.05, 0) is 43.0 Å². The Kier molecular flexibility index (Phi) is 4.56. The minimum absolute atomic E-state index is 0.555. The molecule has 0 aliphatic carbocycles. The maximum atomic E-state index is 3.54. The van der Waals surface area contributed by atoms with E-state index in [1.54, 1.807) is 0 Å². The second kappa shape index (κ2) is 6.77. The van der Waals surface area contributed by atoms with E-state index in [1.807, 2.05) is 0 Å². The van der Waals surface area contributed by atoms with Crippen LogP contribution in [0.4, 0.5) is 5.69 Å². The van der Waals surface area contributed by atoms with E-state index >= 15 is 0 Å². The number of nitrogens with one attached hydrogen (secondary N) is 1. The van der Waals surface area contributed by atoms with Crippen molar-refractivity contribution in [3.05, 3.63) is 65.7 Å². The van der Waals surface area contributed by atoms with Crippen molar-refractivity contribution in [2.45, 2.75) is 25.8 Å². The standard InChI is InChI=1S/C19H24N2/c1-16(15-20-19-9-3-2-4-10-19)21-13-11-17-7-5-6-8-18(17)12-14-21/h2-10,16,20H,11-15H2,1H3. The summed E-state index contributed by atoms with van der Waals surface area (Å²) in [6.07, 6.45) is 2.34. The Morgan fingerprint density at radius 3 is 2.10 bits per heavy atom. The molecule has 110 valence electrons. The van der Waals surface area contributed by atoms with Gasteiger partial charge in [-0.15, -0.1) is 0 Å². The first kappa shape index (κ1) is 14.2. The number of hydrogen-bond donors (Lipinski definition) is 1. The summed E-state index contributed by atoms with van der Waals surface area (Å²) < 4.78 is 0. The molecule has 2 nitrogen and oxygen atoms in total. The van der Waals surface area contributed by atoms with Crippen molar-refractivity contribution in [2.24, 2.45) is 0 Å². The summed E-state index contributed by atoms with van der Waals surface area (Å²) >= 11 is 0. The Hall–Kier alpha value is -1.80. The van der Waals surface area contributed by atoms with Gasteiger partial charge in [0.25, 0.3) is 0 Å². The number of fused-ring (bicyclic) bond motifs is 1. The topological polar surface area (TPSA) is 15.3 Å². The van der Waals surface area contributed by atoms with Gasteiger partial charge >= 0.3 is 0 Å². The monoisotopic (exact) mass is 280 g/mol. The highest BCUT2D eigenvalue weighted by Gasteiger charge is 2.17. The van der Waals surface area contributed by atoms with Crippen LogP contribution in [0.25, 0.3) is 0 Å². The van der Waals surface area contributed by atoms with Crippen LogP contribution in [0, 0.1) is 0 Å². The second-order valence-corrected chi connectivity index (χ2v) is 5.90. The predicted molar refractivity (Wildman–Crippen MR) is 89.8 cm³/mol.